The molecule has 3 aromatic rings. The summed E-state index contributed by atoms with van der Waals surface area (Å²) in [5.74, 6) is 0.323. The zero-order valence-electron chi connectivity index (χ0n) is 12.2. The summed E-state index contributed by atoms with van der Waals surface area (Å²) >= 11 is 0. The number of aromatic nitrogens is 4. The Morgan fingerprint density at radius 2 is 1.96 bits per heavy atom. The number of aliphatic hydroxyl groups excluding tert-OH is 1. The van der Waals surface area contributed by atoms with Gasteiger partial charge in [-0.1, -0.05) is 0 Å². The van der Waals surface area contributed by atoms with Gasteiger partial charge in [-0.15, -0.1) is 0 Å². The summed E-state index contributed by atoms with van der Waals surface area (Å²) in [7, 11) is 0. The van der Waals surface area contributed by atoms with Crippen molar-refractivity contribution in [3.63, 3.8) is 0 Å². The first-order valence-corrected chi connectivity index (χ1v) is 6.80. The Morgan fingerprint density at radius 1 is 1.26 bits per heavy atom. The van der Waals surface area contributed by atoms with Crippen LogP contribution in [0.5, 0.6) is 0 Å². The number of nitrogens with one attached hydrogen (secondary N) is 1. The summed E-state index contributed by atoms with van der Waals surface area (Å²) in [6, 6.07) is 6.10. The predicted octanol–water partition coefficient (Wildman–Crippen LogP) is 0.153. The Bertz CT molecular complexity index is 879. The van der Waals surface area contributed by atoms with Crippen molar-refractivity contribution in [1.82, 2.24) is 14.8 Å². The van der Waals surface area contributed by atoms with Gasteiger partial charge >= 0.3 is 0 Å². The van der Waals surface area contributed by atoms with Crippen LogP contribution in [-0.2, 0) is 0 Å². The minimum absolute atomic E-state index is 0.230. The molecule has 8 heteroatoms. The molecule has 0 aliphatic carbocycles. The molecule has 3 heterocycles. The van der Waals surface area contributed by atoms with Crippen molar-refractivity contribution in [3.8, 4) is 16.9 Å². The average Bonchev–Trinajstić information content (AvgIpc) is 2.83. The number of aromatic amines is 1. The van der Waals surface area contributed by atoms with E-state index in [9.17, 15) is 10.0 Å². The highest BCUT2D eigenvalue weighted by Crippen LogP contribution is 2.18. The Morgan fingerprint density at radius 3 is 2.52 bits per heavy atom. The van der Waals surface area contributed by atoms with Crippen molar-refractivity contribution in [2.75, 3.05) is 0 Å². The predicted molar refractivity (Wildman–Crippen MR) is 80.5 cm³/mol. The molecule has 118 valence electrons. The van der Waals surface area contributed by atoms with Gasteiger partial charge in [0.25, 0.3) is 5.56 Å². The van der Waals surface area contributed by atoms with Gasteiger partial charge < -0.3 is 15.4 Å². The second-order valence-electron chi connectivity index (χ2n) is 5.02. The highest BCUT2D eigenvalue weighted by atomic mass is 16.5. The molecule has 0 radical (unpaired) electrons. The summed E-state index contributed by atoms with van der Waals surface area (Å²) in [5, 5.41) is 32.2. The van der Waals surface area contributed by atoms with Gasteiger partial charge in [0.15, 0.2) is 24.5 Å². The third-order valence-corrected chi connectivity index (χ3v) is 3.46. The van der Waals surface area contributed by atoms with E-state index in [1.165, 1.54) is 35.4 Å². The number of H-pyrrole nitrogens is 1. The van der Waals surface area contributed by atoms with Crippen molar-refractivity contribution in [2.24, 2.45) is 0 Å². The van der Waals surface area contributed by atoms with Gasteiger partial charge in [0.2, 0.25) is 0 Å². The molecule has 0 aliphatic rings. The maximum absolute atomic E-state index is 12.6. The van der Waals surface area contributed by atoms with E-state index in [2.05, 4.69) is 10.1 Å². The maximum atomic E-state index is 12.6. The largest absolute Gasteiger partial charge is 0.619 e. The minimum Gasteiger partial charge on any atom is -0.619 e. The molecule has 0 saturated carbocycles. The van der Waals surface area contributed by atoms with Crippen LogP contribution in [0.15, 0.2) is 47.7 Å². The van der Waals surface area contributed by atoms with Crippen LogP contribution >= 0.6 is 0 Å². The Labute approximate surface area is 130 Å². The Hall–Kier alpha value is -2.97. The molecule has 3 rings (SSSR count). The first-order valence-electron chi connectivity index (χ1n) is 6.80. The summed E-state index contributed by atoms with van der Waals surface area (Å²) < 4.78 is 1.90. The number of hydrogen-bond acceptors (Lipinski definition) is 5. The van der Waals surface area contributed by atoms with Crippen LogP contribution in [0, 0.1) is 12.1 Å². The Kier molecular flexibility index (Phi) is 3.68. The van der Waals surface area contributed by atoms with Gasteiger partial charge in [0.1, 0.15) is 0 Å². The highest BCUT2D eigenvalue weighted by Gasteiger charge is 2.16. The van der Waals surface area contributed by atoms with Crippen LogP contribution in [0.2, 0.25) is 0 Å². The van der Waals surface area contributed by atoms with E-state index in [0.717, 1.165) is 0 Å². The van der Waals surface area contributed by atoms with Gasteiger partial charge in [0, 0.05) is 35.2 Å². The highest BCUT2D eigenvalue weighted by molar-refractivity contribution is 5.64. The average molecular weight is 314 g/mol. The molecular formula is C15H14N4O4. The molecule has 0 spiro atoms. The van der Waals surface area contributed by atoms with Crippen LogP contribution in [0.1, 0.15) is 17.5 Å². The number of nitrogens with zero attached hydrogens (tertiary/aromatic N) is 3. The van der Waals surface area contributed by atoms with E-state index >= 15 is 0 Å². The molecule has 0 saturated heterocycles. The van der Waals surface area contributed by atoms with Gasteiger partial charge in [-0.25, -0.2) is 9.67 Å². The second kappa shape index (κ2) is 5.67. The molecule has 0 atom stereocenters. The lowest BCUT2D eigenvalue weighted by Gasteiger charge is -2.04. The molecule has 0 amide bonds. The standard InChI is InChI=1S/C15H14N4O4/c1-9-13(10-4-6-18(23)7-5-10)14(20)19(17-9)12-3-2-11(8-16-12)15(21)22/h2-8,15,17,21-22H,1H3. The fraction of sp³-hybridized carbons (Fsp3) is 0.133. The molecule has 3 aromatic heterocycles. The van der Waals surface area contributed by atoms with Gasteiger partial charge in [-0.05, 0) is 19.1 Å². The number of aliphatic hydroxyl groups is 2. The van der Waals surface area contributed by atoms with Crippen LogP contribution < -0.4 is 10.3 Å². The lowest BCUT2D eigenvalue weighted by Crippen LogP contribution is -2.23. The number of pyridine rings is 2. The van der Waals surface area contributed by atoms with E-state index < -0.39 is 6.29 Å². The molecule has 0 unspecified atom stereocenters. The summed E-state index contributed by atoms with van der Waals surface area (Å²) in [5.41, 5.74) is 1.62. The van der Waals surface area contributed by atoms with Crippen molar-refractivity contribution >= 4 is 0 Å². The lowest BCUT2D eigenvalue weighted by atomic mass is 10.1. The van der Waals surface area contributed by atoms with Crippen molar-refractivity contribution < 1.29 is 14.9 Å². The van der Waals surface area contributed by atoms with E-state index in [1.807, 2.05) is 0 Å². The molecule has 23 heavy (non-hydrogen) atoms. The van der Waals surface area contributed by atoms with E-state index in [4.69, 9.17) is 10.2 Å². The van der Waals surface area contributed by atoms with Crippen molar-refractivity contribution in [1.29, 1.82) is 0 Å². The molecule has 8 nitrogen and oxygen atoms in total. The topological polar surface area (TPSA) is 118 Å². The van der Waals surface area contributed by atoms with E-state index in [0.29, 0.717) is 27.4 Å². The fourth-order valence-corrected chi connectivity index (χ4v) is 2.31. The van der Waals surface area contributed by atoms with Gasteiger partial charge in [-0.2, -0.15) is 4.73 Å². The number of aryl methyl sites for hydroxylation is 1. The SMILES string of the molecule is Cc1[nH]n(-c2ccc(C(O)O)cn2)c(=O)c1-c1cc[n+]([O-])cc1. The molecule has 0 fully saturated rings. The third-order valence-electron chi connectivity index (χ3n) is 3.46. The minimum atomic E-state index is -1.61. The second-order valence-corrected chi connectivity index (χ2v) is 5.02. The zero-order valence-corrected chi connectivity index (χ0v) is 12.2. The van der Waals surface area contributed by atoms with Crippen LogP contribution in [0.25, 0.3) is 16.9 Å². The summed E-state index contributed by atoms with van der Waals surface area (Å²) in [6.07, 6.45) is 2.31. The van der Waals surface area contributed by atoms with Crippen LogP contribution in [0.4, 0.5) is 0 Å². The lowest BCUT2D eigenvalue weighted by molar-refractivity contribution is -0.605. The first-order chi connectivity index (χ1) is 11.0. The van der Waals surface area contributed by atoms with Crippen LogP contribution in [0.3, 0.4) is 0 Å². The van der Waals surface area contributed by atoms with E-state index in [1.54, 1.807) is 19.1 Å². The molecule has 3 N–H and O–H groups in total. The summed E-state index contributed by atoms with van der Waals surface area (Å²) in [4.78, 5) is 16.7. The first kappa shape index (κ1) is 14.9. The van der Waals surface area contributed by atoms with Gasteiger partial charge in [0.05, 0.1) is 5.56 Å². The molecule has 0 aliphatic heterocycles. The van der Waals surface area contributed by atoms with E-state index in [-0.39, 0.29) is 11.1 Å². The van der Waals surface area contributed by atoms with Crippen molar-refractivity contribution in [3.05, 3.63) is 69.7 Å². The maximum Gasteiger partial charge on any atom is 0.280 e. The molecule has 0 aromatic carbocycles. The monoisotopic (exact) mass is 314 g/mol. The number of rotatable bonds is 3. The smallest absolute Gasteiger partial charge is 0.280 e. The molecular weight excluding hydrogens is 300 g/mol. The van der Waals surface area contributed by atoms with Crippen LogP contribution in [-0.4, -0.2) is 25.0 Å². The quantitative estimate of drug-likeness (QED) is 0.361. The number of hydrogen-bond donors (Lipinski definition) is 3. The Balaban J connectivity index is 2.07. The normalized spacial score (nSPS) is 11.1. The third kappa shape index (κ3) is 2.72. The fourth-order valence-electron chi connectivity index (χ4n) is 2.31. The zero-order chi connectivity index (χ0) is 16.6. The summed E-state index contributed by atoms with van der Waals surface area (Å²) in [6.45, 7) is 1.75. The van der Waals surface area contributed by atoms with Crippen molar-refractivity contribution in [2.45, 2.75) is 13.2 Å². The molecule has 0 bridgehead atoms. The van der Waals surface area contributed by atoms with Gasteiger partial charge in [-0.3, -0.25) is 9.89 Å².